The molecule has 0 saturated heterocycles. The number of halogens is 1. The Morgan fingerprint density at radius 3 is 2.39 bits per heavy atom. The number of pyridine rings is 1. The SMILES string of the molecule is CNc1ccc(F)cc1NCc1ccccc1.Cc1cc(C=O)cn(C)c1=O. The van der Waals surface area contributed by atoms with Crippen molar-refractivity contribution >= 4 is 17.7 Å². The van der Waals surface area contributed by atoms with Crippen LogP contribution >= 0.6 is 0 Å². The highest BCUT2D eigenvalue weighted by Crippen LogP contribution is 2.22. The molecule has 146 valence electrons. The summed E-state index contributed by atoms with van der Waals surface area (Å²) in [6.45, 7) is 2.37. The van der Waals surface area contributed by atoms with Crippen LogP contribution in [0.15, 0.2) is 65.6 Å². The summed E-state index contributed by atoms with van der Waals surface area (Å²) in [5.41, 5.74) is 3.90. The largest absolute Gasteiger partial charge is 0.386 e. The average Bonchev–Trinajstić information content (AvgIpc) is 2.71. The number of nitrogens with one attached hydrogen (secondary N) is 2. The second-order valence-corrected chi connectivity index (χ2v) is 6.27. The Bertz CT molecular complexity index is 959. The summed E-state index contributed by atoms with van der Waals surface area (Å²) in [4.78, 5) is 21.4. The number of anilines is 2. The van der Waals surface area contributed by atoms with Gasteiger partial charge in [0.15, 0.2) is 6.29 Å². The maximum atomic E-state index is 13.1. The summed E-state index contributed by atoms with van der Waals surface area (Å²) >= 11 is 0. The first-order chi connectivity index (χ1) is 13.4. The molecule has 3 rings (SSSR count). The van der Waals surface area contributed by atoms with Crippen molar-refractivity contribution in [1.82, 2.24) is 4.57 Å². The van der Waals surface area contributed by atoms with Crippen molar-refractivity contribution in [3.63, 3.8) is 0 Å². The van der Waals surface area contributed by atoms with Gasteiger partial charge in [-0.2, -0.15) is 0 Å². The van der Waals surface area contributed by atoms with Gasteiger partial charge in [0, 0.05) is 38.0 Å². The topological polar surface area (TPSA) is 63.1 Å². The predicted octanol–water partition coefficient (Wildman–Crippen LogP) is 3.99. The molecule has 0 bridgehead atoms. The molecule has 0 radical (unpaired) electrons. The molecule has 28 heavy (non-hydrogen) atoms. The first-order valence-corrected chi connectivity index (χ1v) is 8.82. The van der Waals surface area contributed by atoms with Crippen molar-refractivity contribution in [3.8, 4) is 0 Å². The second kappa shape index (κ2) is 10.1. The van der Waals surface area contributed by atoms with Crippen LogP contribution in [0.5, 0.6) is 0 Å². The van der Waals surface area contributed by atoms with Crippen LogP contribution in [0.4, 0.5) is 15.8 Å². The van der Waals surface area contributed by atoms with Gasteiger partial charge >= 0.3 is 0 Å². The number of hydrogen-bond acceptors (Lipinski definition) is 4. The Balaban J connectivity index is 0.000000221. The molecule has 0 aliphatic heterocycles. The van der Waals surface area contributed by atoms with E-state index in [4.69, 9.17) is 0 Å². The number of aldehydes is 1. The van der Waals surface area contributed by atoms with E-state index in [0.29, 0.717) is 17.7 Å². The van der Waals surface area contributed by atoms with E-state index in [0.717, 1.165) is 17.7 Å². The minimum Gasteiger partial charge on any atom is -0.386 e. The molecule has 3 aromatic rings. The van der Waals surface area contributed by atoms with Crippen LogP contribution in [0.25, 0.3) is 0 Å². The van der Waals surface area contributed by atoms with Gasteiger partial charge in [-0.3, -0.25) is 9.59 Å². The Kier molecular flexibility index (Phi) is 7.51. The van der Waals surface area contributed by atoms with Gasteiger partial charge in [-0.15, -0.1) is 0 Å². The highest BCUT2D eigenvalue weighted by molar-refractivity contribution is 5.74. The molecule has 1 heterocycles. The van der Waals surface area contributed by atoms with E-state index in [-0.39, 0.29) is 11.4 Å². The standard InChI is InChI=1S/C14H15FN2.C8H9NO2/c1-16-13-8-7-12(15)9-14(13)17-10-11-5-3-2-4-6-11;1-6-3-7(5-10)4-9(2)8(6)11/h2-9,16-17H,10H2,1H3;3-5H,1-2H3. The van der Waals surface area contributed by atoms with Crippen molar-refractivity contribution in [2.24, 2.45) is 7.05 Å². The van der Waals surface area contributed by atoms with Gasteiger partial charge in [0.2, 0.25) is 0 Å². The van der Waals surface area contributed by atoms with Crippen LogP contribution in [0.1, 0.15) is 21.5 Å². The van der Waals surface area contributed by atoms with Gasteiger partial charge in [0.1, 0.15) is 5.82 Å². The van der Waals surface area contributed by atoms with E-state index >= 15 is 0 Å². The maximum Gasteiger partial charge on any atom is 0.253 e. The molecule has 2 N–H and O–H groups in total. The summed E-state index contributed by atoms with van der Waals surface area (Å²) in [6, 6.07) is 16.3. The molecule has 0 saturated carbocycles. The van der Waals surface area contributed by atoms with E-state index in [1.807, 2.05) is 37.4 Å². The molecule has 0 spiro atoms. The molecular formula is C22H24FN3O2. The van der Waals surface area contributed by atoms with Crippen molar-refractivity contribution in [2.75, 3.05) is 17.7 Å². The summed E-state index contributed by atoms with van der Waals surface area (Å²) in [7, 11) is 3.45. The van der Waals surface area contributed by atoms with Crippen molar-refractivity contribution < 1.29 is 9.18 Å². The van der Waals surface area contributed by atoms with Crippen LogP contribution in [0.2, 0.25) is 0 Å². The molecule has 0 amide bonds. The number of nitrogens with zero attached hydrogens (tertiary/aromatic N) is 1. The van der Waals surface area contributed by atoms with Crippen LogP contribution in [-0.2, 0) is 13.6 Å². The fourth-order valence-electron chi connectivity index (χ4n) is 2.65. The quantitative estimate of drug-likeness (QED) is 0.656. The first-order valence-electron chi connectivity index (χ1n) is 8.82. The average molecular weight is 381 g/mol. The van der Waals surface area contributed by atoms with E-state index in [1.54, 1.807) is 26.1 Å². The van der Waals surface area contributed by atoms with Gasteiger partial charge in [-0.25, -0.2) is 4.39 Å². The lowest BCUT2D eigenvalue weighted by molar-refractivity contribution is 0.112. The molecule has 0 fully saturated rings. The van der Waals surface area contributed by atoms with E-state index in [2.05, 4.69) is 10.6 Å². The van der Waals surface area contributed by atoms with Crippen LogP contribution in [0.3, 0.4) is 0 Å². The fraction of sp³-hybridized carbons (Fsp3) is 0.182. The Morgan fingerprint density at radius 1 is 1.07 bits per heavy atom. The normalized spacial score (nSPS) is 9.86. The Labute approximate surface area is 163 Å². The number of aryl methyl sites for hydroxylation is 2. The highest BCUT2D eigenvalue weighted by Gasteiger charge is 2.02. The molecule has 2 aromatic carbocycles. The van der Waals surface area contributed by atoms with E-state index in [9.17, 15) is 14.0 Å². The smallest absolute Gasteiger partial charge is 0.253 e. The zero-order chi connectivity index (χ0) is 20.5. The van der Waals surface area contributed by atoms with Gasteiger partial charge < -0.3 is 15.2 Å². The number of carbonyl (C=O) groups is 1. The monoisotopic (exact) mass is 381 g/mol. The van der Waals surface area contributed by atoms with Gasteiger partial charge in [-0.1, -0.05) is 30.3 Å². The Morgan fingerprint density at radius 2 is 1.79 bits per heavy atom. The van der Waals surface area contributed by atoms with E-state index < -0.39 is 0 Å². The first kappa shape index (κ1) is 20.9. The predicted molar refractivity (Wildman–Crippen MR) is 112 cm³/mol. The zero-order valence-corrected chi connectivity index (χ0v) is 16.2. The third-order valence-corrected chi connectivity index (χ3v) is 4.10. The molecule has 1 aromatic heterocycles. The fourth-order valence-corrected chi connectivity index (χ4v) is 2.65. The summed E-state index contributed by atoms with van der Waals surface area (Å²) in [5, 5.41) is 6.25. The van der Waals surface area contributed by atoms with Crippen molar-refractivity contribution in [3.05, 3.63) is 93.7 Å². The molecule has 0 aliphatic rings. The highest BCUT2D eigenvalue weighted by atomic mass is 19.1. The molecular weight excluding hydrogens is 357 g/mol. The minimum atomic E-state index is -0.237. The van der Waals surface area contributed by atoms with Gasteiger partial charge in [-0.05, 0) is 36.8 Å². The van der Waals surface area contributed by atoms with Crippen molar-refractivity contribution in [1.29, 1.82) is 0 Å². The summed E-state index contributed by atoms with van der Waals surface area (Å²) in [6.07, 6.45) is 2.24. The number of hydrogen-bond donors (Lipinski definition) is 2. The van der Waals surface area contributed by atoms with Crippen molar-refractivity contribution in [2.45, 2.75) is 13.5 Å². The number of carbonyl (C=O) groups excluding carboxylic acids is 1. The number of benzene rings is 2. The van der Waals surface area contributed by atoms with Crippen LogP contribution < -0.4 is 16.2 Å². The lowest BCUT2D eigenvalue weighted by Gasteiger charge is -2.11. The molecule has 5 nitrogen and oxygen atoms in total. The van der Waals surface area contributed by atoms with Gasteiger partial charge in [0.25, 0.3) is 5.56 Å². The molecule has 6 heteroatoms. The number of rotatable bonds is 5. The second-order valence-electron chi connectivity index (χ2n) is 6.27. The third kappa shape index (κ3) is 5.81. The minimum absolute atomic E-state index is 0.0596. The van der Waals surface area contributed by atoms with E-state index in [1.165, 1.54) is 28.5 Å². The number of aromatic nitrogens is 1. The Hall–Kier alpha value is -3.41. The summed E-state index contributed by atoms with van der Waals surface area (Å²) < 4.78 is 14.5. The summed E-state index contributed by atoms with van der Waals surface area (Å²) in [5.74, 6) is -0.237. The van der Waals surface area contributed by atoms with Crippen LogP contribution in [-0.4, -0.2) is 17.9 Å². The zero-order valence-electron chi connectivity index (χ0n) is 16.2. The van der Waals surface area contributed by atoms with Gasteiger partial charge in [0.05, 0.1) is 11.4 Å². The lowest BCUT2D eigenvalue weighted by atomic mass is 10.2. The maximum absolute atomic E-state index is 13.1. The molecule has 0 atom stereocenters. The van der Waals surface area contributed by atoms with Crippen LogP contribution in [0, 0.1) is 12.7 Å². The third-order valence-electron chi connectivity index (χ3n) is 4.10. The molecule has 0 aliphatic carbocycles. The molecule has 0 unspecified atom stereocenters. The lowest BCUT2D eigenvalue weighted by Crippen LogP contribution is -2.18.